The largest absolute Gasteiger partial charge is 0.497 e. The number of fused-ring (bicyclic) bond motifs is 1. The number of aryl methyl sites for hydroxylation is 2. The maximum absolute atomic E-state index is 13.1. The van der Waals surface area contributed by atoms with Gasteiger partial charge in [-0.25, -0.2) is 0 Å². The van der Waals surface area contributed by atoms with Crippen molar-refractivity contribution >= 4 is 17.5 Å². The van der Waals surface area contributed by atoms with Crippen LogP contribution in [0.5, 0.6) is 5.75 Å². The third-order valence-corrected chi connectivity index (χ3v) is 5.62. The molecule has 4 rings (SSSR count). The molecule has 1 aliphatic heterocycles. The number of benzene rings is 1. The van der Waals surface area contributed by atoms with Crippen molar-refractivity contribution in [3.63, 3.8) is 0 Å². The van der Waals surface area contributed by atoms with Crippen molar-refractivity contribution in [3.05, 3.63) is 51.8 Å². The highest BCUT2D eigenvalue weighted by Crippen LogP contribution is 2.35. The van der Waals surface area contributed by atoms with Crippen molar-refractivity contribution < 1.29 is 22.7 Å². The molecule has 0 spiro atoms. The number of halogens is 4. The van der Waals surface area contributed by atoms with E-state index in [2.05, 4.69) is 10.2 Å². The number of methoxy groups -OCH3 is 1. The van der Waals surface area contributed by atoms with Crippen LogP contribution in [0.3, 0.4) is 0 Å². The Morgan fingerprint density at radius 3 is 2.52 bits per heavy atom. The summed E-state index contributed by atoms with van der Waals surface area (Å²) >= 11 is 6.24. The SMILES string of the molecule is COc1ccc(C(=O)N2CCc3c(nn(C)c3-c3cc(C(F)(F)F)nn3C)C2)c(Cl)c1. The molecule has 2 aromatic heterocycles. The first-order valence-corrected chi connectivity index (χ1v) is 9.77. The Hall–Kier alpha value is -3.01. The zero-order valence-electron chi connectivity index (χ0n) is 17.0. The third kappa shape index (κ3) is 3.76. The Kier molecular flexibility index (Phi) is 5.20. The molecule has 0 unspecified atom stereocenters. The predicted octanol–water partition coefficient (Wildman–Crippen LogP) is 3.70. The Morgan fingerprint density at radius 2 is 1.90 bits per heavy atom. The zero-order valence-corrected chi connectivity index (χ0v) is 17.8. The first kappa shape index (κ1) is 21.2. The summed E-state index contributed by atoms with van der Waals surface area (Å²) in [5.41, 5.74) is 1.72. The highest BCUT2D eigenvalue weighted by Gasteiger charge is 2.36. The summed E-state index contributed by atoms with van der Waals surface area (Å²) in [5.74, 6) is 0.302. The first-order valence-electron chi connectivity index (χ1n) is 9.39. The molecule has 0 fully saturated rings. The molecule has 1 amide bonds. The van der Waals surface area contributed by atoms with E-state index in [0.29, 0.717) is 41.4 Å². The molecule has 0 aliphatic carbocycles. The number of rotatable bonds is 3. The van der Waals surface area contributed by atoms with E-state index in [9.17, 15) is 18.0 Å². The number of amides is 1. The lowest BCUT2D eigenvalue weighted by atomic mass is 10.0. The van der Waals surface area contributed by atoms with Gasteiger partial charge >= 0.3 is 6.18 Å². The predicted molar refractivity (Wildman–Crippen MR) is 107 cm³/mol. The van der Waals surface area contributed by atoms with Gasteiger partial charge in [-0.15, -0.1) is 0 Å². The average Bonchev–Trinajstić information content (AvgIpc) is 3.25. The summed E-state index contributed by atoms with van der Waals surface area (Å²) in [6.07, 6.45) is -4.08. The fourth-order valence-corrected chi connectivity index (χ4v) is 4.06. The van der Waals surface area contributed by atoms with Crippen molar-refractivity contribution in [1.82, 2.24) is 24.5 Å². The van der Waals surface area contributed by atoms with E-state index in [0.717, 1.165) is 11.6 Å². The molecule has 164 valence electrons. The smallest absolute Gasteiger partial charge is 0.435 e. The second kappa shape index (κ2) is 7.60. The molecule has 0 atom stereocenters. The van der Waals surface area contributed by atoms with E-state index < -0.39 is 11.9 Å². The minimum atomic E-state index is -4.53. The van der Waals surface area contributed by atoms with Crippen LogP contribution in [0.2, 0.25) is 5.02 Å². The summed E-state index contributed by atoms with van der Waals surface area (Å²) in [6, 6.07) is 5.86. The fraction of sp³-hybridized carbons (Fsp3) is 0.350. The van der Waals surface area contributed by atoms with Crippen molar-refractivity contribution in [1.29, 1.82) is 0 Å². The van der Waals surface area contributed by atoms with Crippen molar-refractivity contribution in [2.75, 3.05) is 13.7 Å². The van der Waals surface area contributed by atoms with E-state index in [4.69, 9.17) is 16.3 Å². The van der Waals surface area contributed by atoms with Gasteiger partial charge in [-0.1, -0.05) is 11.6 Å². The van der Waals surface area contributed by atoms with Gasteiger partial charge in [0.1, 0.15) is 5.75 Å². The van der Waals surface area contributed by atoms with E-state index >= 15 is 0 Å². The van der Waals surface area contributed by atoms with Crippen LogP contribution in [-0.4, -0.2) is 44.0 Å². The second-order valence-corrected chi connectivity index (χ2v) is 7.66. The van der Waals surface area contributed by atoms with Crippen LogP contribution in [0.1, 0.15) is 27.3 Å². The number of hydrogen-bond donors (Lipinski definition) is 0. The van der Waals surface area contributed by atoms with E-state index in [-0.39, 0.29) is 17.5 Å². The van der Waals surface area contributed by atoms with Gasteiger partial charge in [-0.05, 0) is 30.7 Å². The fourth-order valence-electron chi connectivity index (χ4n) is 3.81. The lowest BCUT2D eigenvalue weighted by Gasteiger charge is -2.27. The molecule has 1 aliphatic rings. The van der Waals surface area contributed by atoms with Crippen LogP contribution in [-0.2, 0) is 33.2 Å². The number of ether oxygens (including phenoxy) is 1. The van der Waals surface area contributed by atoms with Gasteiger partial charge in [0.15, 0.2) is 5.69 Å². The number of hydrogen-bond acceptors (Lipinski definition) is 4. The summed E-state index contributed by atoms with van der Waals surface area (Å²) in [6.45, 7) is 0.616. The summed E-state index contributed by atoms with van der Waals surface area (Å²) in [4.78, 5) is 14.6. The molecular formula is C20H19ClF3N5O2. The quantitative estimate of drug-likeness (QED) is 0.606. The van der Waals surface area contributed by atoms with Gasteiger partial charge in [-0.2, -0.15) is 23.4 Å². The van der Waals surface area contributed by atoms with Gasteiger partial charge in [0.2, 0.25) is 0 Å². The first-order chi connectivity index (χ1) is 14.6. The summed E-state index contributed by atoms with van der Waals surface area (Å²) < 4.78 is 47.1. The maximum atomic E-state index is 13.1. The zero-order chi connectivity index (χ0) is 22.5. The average molecular weight is 454 g/mol. The van der Waals surface area contributed by atoms with Crippen molar-refractivity contribution in [3.8, 4) is 17.1 Å². The molecule has 3 aromatic rings. The van der Waals surface area contributed by atoms with Crippen LogP contribution in [0.15, 0.2) is 24.3 Å². The monoisotopic (exact) mass is 453 g/mol. The van der Waals surface area contributed by atoms with Gasteiger partial charge < -0.3 is 9.64 Å². The Balaban J connectivity index is 1.64. The van der Waals surface area contributed by atoms with Crippen molar-refractivity contribution in [2.45, 2.75) is 19.1 Å². The standard InChI is InChI=1S/C20H19ClF3N5O2/c1-27-16(9-17(26-27)20(22,23)24)18-13-6-7-29(10-15(13)25-28(18)2)19(30)12-5-4-11(31-3)8-14(12)21/h4-5,8-9H,6-7,10H2,1-3H3. The van der Waals surface area contributed by atoms with Gasteiger partial charge in [0, 0.05) is 26.2 Å². The molecular weight excluding hydrogens is 435 g/mol. The van der Waals surface area contributed by atoms with Crippen molar-refractivity contribution in [2.24, 2.45) is 14.1 Å². The van der Waals surface area contributed by atoms with Crippen LogP contribution in [0.4, 0.5) is 13.2 Å². The van der Waals surface area contributed by atoms with Gasteiger partial charge in [0.25, 0.3) is 5.91 Å². The lowest BCUT2D eigenvalue weighted by molar-refractivity contribution is -0.141. The van der Waals surface area contributed by atoms with E-state index in [1.54, 1.807) is 30.1 Å². The minimum Gasteiger partial charge on any atom is -0.497 e. The van der Waals surface area contributed by atoms with Crippen LogP contribution in [0, 0.1) is 0 Å². The second-order valence-electron chi connectivity index (χ2n) is 7.26. The number of alkyl halides is 3. The van der Waals surface area contributed by atoms with Crippen LogP contribution < -0.4 is 4.74 Å². The molecule has 31 heavy (non-hydrogen) atoms. The molecule has 0 saturated carbocycles. The maximum Gasteiger partial charge on any atom is 0.435 e. The number of aromatic nitrogens is 4. The Morgan fingerprint density at radius 1 is 1.16 bits per heavy atom. The molecule has 1 aromatic carbocycles. The minimum absolute atomic E-state index is 0.231. The molecule has 0 radical (unpaired) electrons. The molecule has 3 heterocycles. The third-order valence-electron chi connectivity index (χ3n) is 5.31. The van der Waals surface area contributed by atoms with Crippen LogP contribution >= 0.6 is 11.6 Å². The number of nitrogens with zero attached hydrogens (tertiary/aromatic N) is 5. The molecule has 7 nitrogen and oxygen atoms in total. The molecule has 11 heteroatoms. The normalized spacial score (nSPS) is 14.0. The molecule has 0 N–H and O–H groups in total. The number of carbonyl (C=O) groups excluding carboxylic acids is 1. The Labute approximate surface area is 181 Å². The number of carbonyl (C=O) groups is 1. The summed E-state index contributed by atoms with van der Waals surface area (Å²) in [7, 11) is 4.65. The molecule has 0 bridgehead atoms. The van der Waals surface area contributed by atoms with Crippen LogP contribution in [0.25, 0.3) is 11.4 Å². The van der Waals surface area contributed by atoms with Gasteiger partial charge in [0.05, 0.1) is 41.3 Å². The Bertz CT molecular complexity index is 1170. The molecule has 0 saturated heterocycles. The lowest BCUT2D eigenvalue weighted by Crippen LogP contribution is -2.36. The van der Waals surface area contributed by atoms with E-state index in [1.165, 1.54) is 23.5 Å². The van der Waals surface area contributed by atoms with E-state index in [1.807, 2.05) is 0 Å². The topological polar surface area (TPSA) is 65.2 Å². The van der Waals surface area contributed by atoms with Gasteiger partial charge in [-0.3, -0.25) is 14.2 Å². The summed E-state index contributed by atoms with van der Waals surface area (Å²) in [5, 5.41) is 8.34. The highest BCUT2D eigenvalue weighted by atomic mass is 35.5. The highest BCUT2D eigenvalue weighted by molar-refractivity contribution is 6.34.